The SMILES string of the molecule is CCCOC(=O)C(C)C.CCOC(=O)C(C)C. The van der Waals surface area contributed by atoms with Gasteiger partial charge < -0.3 is 9.47 Å². The summed E-state index contributed by atoms with van der Waals surface area (Å²) in [7, 11) is 0. The first kappa shape index (κ1) is 18.3. The average Bonchev–Trinajstić information content (AvgIpc) is 2.26. The second-order valence-corrected chi connectivity index (χ2v) is 4.23. The van der Waals surface area contributed by atoms with Crippen molar-refractivity contribution in [2.75, 3.05) is 13.2 Å². The van der Waals surface area contributed by atoms with Crippen LogP contribution in [0.25, 0.3) is 0 Å². The lowest BCUT2D eigenvalue weighted by atomic mass is 10.2. The van der Waals surface area contributed by atoms with Gasteiger partial charge in [-0.05, 0) is 13.3 Å². The Labute approximate surface area is 105 Å². The second kappa shape index (κ2) is 11.4. The molecule has 0 N–H and O–H groups in total. The van der Waals surface area contributed by atoms with Gasteiger partial charge in [-0.1, -0.05) is 34.6 Å². The molecular weight excluding hydrogens is 220 g/mol. The molecule has 0 saturated heterocycles. The summed E-state index contributed by atoms with van der Waals surface area (Å²) in [5.74, 6) is -0.198. The minimum Gasteiger partial charge on any atom is -0.466 e. The van der Waals surface area contributed by atoms with E-state index in [0.717, 1.165) is 6.42 Å². The van der Waals surface area contributed by atoms with Crippen molar-refractivity contribution in [3.63, 3.8) is 0 Å². The van der Waals surface area contributed by atoms with E-state index in [9.17, 15) is 9.59 Å². The summed E-state index contributed by atoms with van der Waals surface area (Å²) in [4.78, 5) is 21.2. The number of carbonyl (C=O) groups excluding carboxylic acids is 2. The zero-order valence-electron chi connectivity index (χ0n) is 11.9. The van der Waals surface area contributed by atoms with Crippen molar-refractivity contribution in [2.45, 2.75) is 48.0 Å². The molecule has 0 aromatic rings. The van der Waals surface area contributed by atoms with Crippen LogP contribution in [0, 0.1) is 11.8 Å². The molecule has 4 heteroatoms. The molecule has 4 nitrogen and oxygen atoms in total. The van der Waals surface area contributed by atoms with Crippen molar-refractivity contribution in [1.82, 2.24) is 0 Å². The summed E-state index contributed by atoms with van der Waals surface area (Å²) in [6.45, 7) is 12.1. The standard InChI is InChI=1S/C7H14O2.C6H12O2/c1-4-5-9-7(8)6(2)3;1-4-8-6(7)5(2)3/h6H,4-5H2,1-3H3;5H,4H2,1-3H3. The maximum absolute atomic E-state index is 10.7. The fourth-order valence-electron chi connectivity index (χ4n) is 0.678. The Morgan fingerprint density at radius 1 is 0.882 bits per heavy atom. The van der Waals surface area contributed by atoms with E-state index in [4.69, 9.17) is 4.74 Å². The van der Waals surface area contributed by atoms with Crippen LogP contribution in [0.4, 0.5) is 0 Å². The monoisotopic (exact) mass is 246 g/mol. The Bertz CT molecular complexity index is 209. The molecule has 102 valence electrons. The Hall–Kier alpha value is -1.06. The molecule has 0 aliphatic rings. The van der Waals surface area contributed by atoms with Crippen LogP contribution in [-0.2, 0) is 19.1 Å². The first-order valence-electron chi connectivity index (χ1n) is 6.19. The van der Waals surface area contributed by atoms with E-state index in [1.807, 2.05) is 34.6 Å². The van der Waals surface area contributed by atoms with Crippen LogP contribution in [-0.4, -0.2) is 25.2 Å². The van der Waals surface area contributed by atoms with Gasteiger partial charge in [-0.2, -0.15) is 0 Å². The normalized spacial score (nSPS) is 9.65. The van der Waals surface area contributed by atoms with E-state index in [1.165, 1.54) is 0 Å². The molecule has 0 amide bonds. The summed E-state index contributed by atoms with van der Waals surface area (Å²) in [6.07, 6.45) is 0.901. The summed E-state index contributed by atoms with van der Waals surface area (Å²) in [5, 5.41) is 0. The fourth-order valence-corrected chi connectivity index (χ4v) is 0.678. The molecule has 0 rings (SSSR count). The van der Waals surface area contributed by atoms with Crippen LogP contribution in [0.2, 0.25) is 0 Å². The van der Waals surface area contributed by atoms with Gasteiger partial charge in [-0.25, -0.2) is 0 Å². The number of hydrogen-bond donors (Lipinski definition) is 0. The van der Waals surface area contributed by atoms with Crippen LogP contribution < -0.4 is 0 Å². The molecule has 0 aromatic carbocycles. The Balaban J connectivity index is 0. The van der Waals surface area contributed by atoms with Crippen molar-refractivity contribution in [3.8, 4) is 0 Å². The van der Waals surface area contributed by atoms with Gasteiger partial charge in [-0.15, -0.1) is 0 Å². The smallest absolute Gasteiger partial charge is 0.308 e. The highest BCUT2D eigenvalue weighted by Gasteiger charge is 2.06. The Morgan fingerprint density at radius 2 is 1.29 bits per heavy atom. The summed E-state index contributed by atoms with van der Waals surface area (Å²) in [6, 6.07) is 0. The predicted molar refractivity (Wildman–Crippen MR) is 67.6 cm³/mol. The van der Waals surface area contributed by atoms with Crippen LogP contribution in [0.5, 0.6) is 0 Å². The van der Waals surface area contributed by atoms with Gasteiger partial charge in [0, 0.05) is 0 Å². The molecule has 0 aliphatic carbocycles. The molecule has 0 aliphatic heterocycles. The molecule has 0 saturated carbocycles. The van der Waals surface area contributed by atoms with E-state index < -0.39 is 0 Å². The molecule has 0 unspecified atom stereocenters. The lowest BCUT2D eigenvalue weighted by molar-refractivity contribution is -0.147. The zero-order valence-corrected chi connectivity index (χ0v) is 11.9. The van der Waals surface area contributed by atoms with Gasteiger partial charge in [0.2, 0.25) is 0 Å². The third kappa shape index (κ3) is 12.9. The van der Waals surface area contributed by atoms with Gasteiger partial charge >= 0.3 is 11.9 Å². The molecular formula is C13H26O4. The second-order valence-electron chi connectivity index (χ2n) is 4.23. The molecule has 0 aromatic heterocycles. The van der Waals surface area contributed by atoms with E-state index in [0.29, 0.717) is 13.2 Å². The average molecular weight is 246 g/mol. The summed E-state index contributed by atoms with van der Waals surface area (Å²) >= 11 is 0. The molecule has 0 bridgehead atoms. The predicted octanol–water partition coefficient (Wildman–Crippen LogP) is 2.80. The fraction of sp³-hybridized carbons (Fsp3) is 0.846. The van der Waals surface area contributed by atoms with E-state index in [-0.39, 0.29) is 23.8 Å². The van der Waals surface area contributed by atoms with Crippen molar-refractivity contribution >= 4 is 11.9 Å². The Kier molecular flexibility index (Phi) is 12.3. The van der Waals surface area contributed by atoms with E-state index in [1.54, 1.807) is 6.92 Å². The number of rotatable bonds is 5. The minimum absolute atomic E-state index is 0.00921. The lowest BCUT2D eigenvalue weighted by Crippen LogP contribution is -2.11. The zero-order chi connectivity index (χ0) is 13.8. The maximum Gasteiger partial charge on any atom is 0.308 e. The third-order valence-electron chi connectivity index (χ3n) is 1.68. The van der Waals surface area contributed by atoms with Crippen LogP contribution in [0.15, 0.2) is 0 Å². The third-order valence-corrected chi connectivity index (χ3v) is 1.68. The molecule has 17 heavy (non-hydrogen) atoms. The van der Waals surface area contributed by atoms with E-state index in [2.05, 4.69) is 4.74 Å². The highest BCUT2D eigenvalue weighted by molar-refractivity contribution is 5.71. The highest BCUT2D eigenvalue weighted by atomic mass is 16.5. The van der Waals surface area contributed by atoms with Gasteiger partial charge in [0.1, 0.15) is 0 Å². The first-order valence-corrected chi connectivity index (χ1v) is 6.19. The van der Waals surface area contributed by atoms with Crippen LogP contribution in [0.1, 0.15) is 48.0 Å². The Morgan fingerprint density at radius 3 is 1.53 bits per heavy atom. The topological polar surface area (TPSA) is 52.6 Å². The number of ether oxygens (including phenoxy) is 2. The van der Waals surface area contributed by atoms with Gasteiger partial charge in [-0.3, -0.25) is 9.59 Å². The summed E-state index contributed by atoms with van der Waals surface area (Å²) in [5.41, 5.74) is 0. The number of carbonyl (C=O) groups is 2. The van der Waals surface area contributed by atoms with E-state index >= 15 is 0 Å². The van der Waals surface area contributed by atoms with Crippen molar-refractivity contribution in [3.05, 3.63) is 0 Å². The minimum atomic E-state index is -0.118. The van der Waals surface area contributed by atoms with Crippen LogP contribution >= 0.6 is 0 Å². The van der Waals surface area contributed by atoms with Crippen molar-refractivity contribution < 1.29 is 19.1 Å². The van der Waals surface area contributed by atoms with Gasteiger partial charge in [0.05, 0.1) is 25.0 Å². The van der Waals surface area contributed by atoms with Crippen molar-refractivity contribution in [1.29, 1.82) is 0 Å². The lowest BCUT2D eigenvalue weighted by Gasteiger charge is -2.03. The number of esters is 2. The molecule has 0 radical (unpaired) electrons. The number of hydrogen-bond acceptors (Lipinski definition) is 4. The quantitative estimate of drug-likeness (QED) is 0.700. The van der Waals surface area contributed by atoms with Gasteiger partial charge in [0.15, 0.2) is 0 Å². The van der Waals surface area contributed by atoms with Crippen molar-refractivity contribution in [2.24, 2.45) is 11.8 Å². The van der Waals surface area contributed by atoms with Gasteiger partial charge in [0.25, 0.3) is 0 Å². The maximum atomic E-state index is 10.7. The molecule has 0 heterocycles. The molecule has 0 spiro atoms. The molecule has 0 atom stereocenters. The highest BCUT2D eigenvalue weighted by Crippen LogP contribution is 1.95. The summed E-state index contributed by atoms with van der Waals surface area (Å²) < 4.78 is 9.48. The largest absolute Gasteiger partial charge is 0.466 e. The molecule has 0 fully saturated rings. The van der Waals surface area contributed by atoms with Crippen LogP contribution in [0.3, 0.4) is 0 Å². The first-order chi connectivity index (χ1) is 7.86.